The Labute approximate surface area is 78.7 Å². The Balaban J connectivity index is 2.10. The van der Waals surface area contributed by atoms with Crippen LogP contribution in [0.5, 0.6) is 0 Å². The second-order valence-electron chi connectivity index (χ2n) is 4.22. The molecule has 13 heavy (non-hydrogen) atoms. The van der Waals surface area contributed by atoms with E-state index in [1.54, 1.807) is 13.8 Å². The lowest BCUT2D eigenvalue weighted by molar-refractivity contribution is -0.119. The lowest BCUT2D eigenvalue weighted by Crippen LogP contribution is -2.35. The van der Waals surface area contributed by atoms with E-state index in [1.807, 2.05) is 0 Å². The Morgan fingerprint density at radius 1 is 1.69 bits per heavy atom. The van der Waals surface area contributed by atoms with Crippen LogP contribution in [0.25, 0.3) is 0 Å². The predicted octanol–water partition coefficient (Wildman–Crippen LogP) is -0.374. The molecule has 1 atom stereocenters. The summed E-state index contributed by atoms with van der Waals surface area (Å²) in [5.41, 5.74) is -0.622. The molecular formula is C9H18N2O2. The molecule has 1 amide bonds. The normalized spacial score (nSPS) is 23.3. The van der Waals surface area contributed by atoms with Crippen molar-refractivity contribution in [2.75, 3.05) is 13.1 Å². The molecule has 3 N–H and O–H groups in total. The summed E-state index contributed by atoms with van der Waals surface area (Å²) in [4.78, 5) is 10.8. The highest BCUT2D eigenvalue weighted by Gasteiger charge is 2.21. The lowest BCUT2D eigenvalue weighted by Gasteiger charge is -2.18. The van der Waals surface area contributed by atoms with Gasteiger partial charge in [-0.3, -0.25) is 4.79 Å². The maximum atomic E-state index is 10.8. The lowest BCUT2D eigenvalue weighted by atomic mass is 10.1. The van der Waals surface area contributed by atoms with Gasteiger partial charge in [0.05, 0.1) is 5.60 Å². The molecule has 1 heterocycles. The predicted molar refractivity (Wildman–Crippen MR) is 50.3 cm³/mol. The Morgan fingerprint density at radius 3 is 2.85 bits per heavy atom. The summed E-state index contributed by atoms with van der Waals surface area (Å²) in [7, 11) is 0. The molecule has 0 saturated carbocycles. The van der Waals surface area contributed by atoms with Gasteiger partial charge in [0.15, 0.2) is 0 Å². The van der Waals surface area contributed by atoms with E-state index < -0.39 is 5.60 Å². The average molecular weight is 186 g/mol. The van der Waals surface area contributed by atoms with Crippen molar-refractivity contribution in [2.24, 2.45) is 0 Å². The van der Waals surface area contributed by atoms with Gasteiger partial charge >= 0.3 is 0 Å². The summed E-state index contributed by atoms with van der Waals surface area (Å²) < 4.78 is 0. The van der Waals surface area contributed by atoms with Gasteiger partial charge in [-0.25, -0.2) is 0 Å². The van der Waals surface area contributed by atoms with E-state index in [-0.39, 0.29) is 11.9 Å². The van der Waals surface area contributed by atoms with E-state index >= 15 is 0 Å². The van der Waals surface area contributed by atoms with Crippen LogP contribution < -0.4 is 10.6 Å². The molecule has 0 aromatic heterocycles. The minimum Gasteiger partial charge on any atom is -0.390 e. The van der Waals surface area contributed by atoms with Gasteiger partial charge < -0.3 is 15.7 Å². The zero-order valence-corrected chi connectivity index (χ0v) is 8.26. The van der Waals surface area contributed by atoms with Gasteiger partial charge in [-0.1, -0.05) is 0 Å². The molecule has 4 nitrogen and oxygen atoms in total. The van der Waals surface area contributed by atoms with Crippen molar-refractivity contribution in [1.82, 2.24) is 10.6 Å². The SMILES string of the molecule is CC(C)(O)CCNC1CNC(=O)C1. The first kappa shape index (κ1) is 10.5. The van der Waals surface area contributed by atoms with Gasteiger partial charge in [0.2, 0.25) is 5.91 Å². The summed E-state index contributed by atoms with van der Waals surface area (Å²) in [6, 6.07) is 0.245. The molecule has 1 fully saturated rings. The van der Waals surface area contributed by atoms with Gasteiger partial charge in [0.25, 0.3) is 0 Å². The molecule has 0 bridgehead atoms. The Hall–Kier alpha value is -0.610. The van der Waals surface area contributed by atoms with Crippen LogP contribution in [0.1, 0.15) is 26.7 Å². The fourth-order valence-corrected chi connectivity index (χ4v) is 1.33. The molecule has 4 heteroatoms. The van der Waals surface area contributed by atoms with Crippen LogP contribution in [0.3, 0.4) is 0 Å². The van der Waals surface area contributed by atoms with E-state index in [0.29, 0.717) is 19.4 Å². The molecule has 0 aromatic rings. The highest BCUT2D eigenvalue weighted by Crippen LogP contribution is 2.06. The number of rotatable bonds is 4. The second kappa shape index (κ2) is 4.07. The first-order valence-electron chi connectivity index (χ1n) is 4.70. The summed E-state index contributed by atoms with van der Waals surface area (Å²) in [5, 5.41) is 15.4. The number of hydrogen-bond acceptors (Lipinski definition) is 3. The van der Waals surface area contributed by atoms with E-state index in [0.717, 1.165) is 6.54 Å². The van der Waals surface area contributed by atoms with Crippen molar-refractivity contribution in [1.29, 1.82) is 0 Å². The smallest absolute Gasteiger partial charge is 0.221 e. The monoisotopic (exact) mass is 186 g/mol. The molecule has 1 rings (SSSR count). The third kappa shape index (κ3) is 4.24. The van der Waals surface area contributed by atoms with E-state index in [2.05, 4.69) is 10.6 Å². The number of hydrogen-bond donors (Lipinski definition) is 3. The highest BCUT2D eigenvalue weighted by molar-refractivity contribution is 5.78. The number of nitrogens with one attached hydrogen (secondary N) is 2. The van der Waals surface area contributed by atoms with Crippen molar-refractivity contribution in [2.45, 2.75) is 38.3 Å². The molecular weight excluding hydrogens is 168 g/mol. The van der Waals surface area contributed by atoms with Crippen LogP contribution in [0, 0.1) is 0 Å². The van der Waals surface area contributed by atoms with Crippen molar-refractivity contribution in [3.05, 3.63) is 0 Å². The molecule has 1 unspecified atom stereocenters. The number of amides is 1. The third-order valence-electron chi connectivity index (χ3n) is 2.15. The molecule has 1 aliphatic heterocycles. The Morgan fingerprint density at radius 2 is 2.38 bits per heavy atom. The van der Waals surface area contributed by atoms with Gasteiger partial charge in [-0.15, -0.1) is 0 Å². The van der Waals surface area contributed by atoms with Crippen LogP contribution in [-0.4, -0.2) is 35.7 Å². The molecule has 0 spiro atoms. The largest absolute Gasteiger partial charge is 0.390 e. The number of carbonyl (C=O) groups is 1. The zero-order chi connectivity index (χ0) is 9.90. The van der Waals surface area contributed by atoms with Crippen molar-refractivity contribution >= 4 is 5.91 Å². The Bertz CT molecular complexity index is 187. The first-order chi connectivity index (χ1) is 5.97. The average Bonchev–Trinajstić information content (AvgIpc) is 2.33. The van der Waals surface area contributed by atoms with Crippen LogP contribution in [0.4, 0.5) is 0 Å². The van der Waals surface area contributed by atoms with Gasteiger partial charge in [0.1, 0.15) is 0 Å². The second-order valence-corrected chi connectivity index (χ2v) is 4.22. The fraction of sp³-hybridized carbons (Fsp3) is 0.889. The standard InChI is InChI=1S/C9H18N2O2/c1-9(2,13)3-4-10-7-5-8(12)11-6-7/h7,10,13H,3-6H2,1-2H3,(H,11,12). The van der Waals surface area contributed by atoms with E-state index in [4.69, 9.17) is 0 Å². The number of aliphatic hydroxyl groups is 1. The molecule has 1 saturated heterocycles. The summed E-state index contributed by atoms with van der Waals surface area (Å²) in [6.45, 7) is 5.03. The summed E-state index contributed by atoms with van der Waals surface area (Å²) >= 11 is 0. The minimum absolute atomic E-state index is 0.112. The molecule has 0 aliphatic carbocycles. The van der Waals surface area contributed by atoms with Crippen molar-refractivity contribution in [3.63, 3.8) is 0 Å². The van der Waals surface area contributed by atoms with Crippen LogP contribution in [0.2, 0.25) is 0 Å². The molecule has 0 radical (unpaired) electrons. The van der Waals surface area contributed by atoms with Crippen LogP contribution in [0.15, 0.2) is 0 Å². The topological polar surface area (TPSA) is 61.4 Å². The molecule has 1 aliphatic rings. The maximum Gasteiger partial charge on any atom is 0.221 e. The van der Waals surface area contributed by atoms with E-state index in [1.165, 1.54) is 0 Å². The summed E-state index contributed by atoms with van der Waals surface area (Å²) in [6.07, 6.45) is 1.27. The maximum absolute atomic E-state index is 10.8. The quantitative estimate of drug-likeness (QED) is 0.561. The fourth-order valence-electron chi connectivity index (χ4n) is 1.33. The van der Waals surface area contributed by atoms with Gasteiger partial charge in [-0.05, 0) is 26.8 Å². The van der Waals surface area contributed by atoms with E-state index in [9.17, 15) is 9.90 Å². The van der Waals surface area contributed by atoms with Gasteiger partial charge in [0, 0.05) is 19.0 Å². The number of carbonyl (C=O) groups excluding carboxylic acids is 1. The molecule has 0 aromatic carbocycles. The molecule has 76 valence electrons. The van der Waals surface area contributed by atoms with Crippen LogP contribution >= 0.6 is 0 Å². The third-order valence-corrected chi connectivity index (χ3v) is 2.15. The Kier molecular flexibility index (Phi) is 3.27. The van der Waals surface area contributed by atoms with Crippen molar-refractivity contribution in [3.8, 4) is 0 Å². The first-order valence-corrected chi connectivity index (χ1v) is 4.70. The highest BCUT2D eigenvalue weighted by atomic mass is 16.3. The van der Waals surface area contributed by atoms with Crippen molar-refractivity contribution < 1.29 is 9.90 Å². The summed E-state index contributed by atoms with van der Waals surface area (Å²) in [5.74, 6) is 0.112. The van der Waals surface area contributed by atoms with Gasteiger partial charge in [-0.2, -0.15) is 0 Å². The minimum atomic E-state index is -0.622. The zero-order valence-electron chi connectivity index (χ0n) is 8.26. The van der Waals surface area contributed by atoms with Crippen LogP contribution in [-0.2, 0) is 4.79 Å².